The Morgan fingerprint density at radius 2 is 0.861 bits per heavy atom. The predicted octanol–water partition coefficient (Wildman–Crippen LogP) is 12.5. The Bertz CT molecular complexity index is 1120. The average molecular weight is 541 g/mol. The summed E-state index contributed by atoms with van der Waals surface area (Å²) >= 11 is 5.69. The first-order valence-corrected chi connectivity index (χ1v) is 15.1. The highest BCUT2D eigenvalue weighted by Gasteiger charge is 2.09. The lowest BCUT2D eigenvalue weighted by Crippen LogP contribution is -1.84. The first-order chi connectivity index (χ1) is 16.4. The van der Waals surface area contributed by atoms with Gasteiger partial charge < -0.3 is 0 Å². The van der Waals surface area contributed by atoms with Crippen molar-refractivity contribution in [3.63, 3.8) is 0 Å². The fraction of sp³-hybridized carbons (Fsp3) is 0.455. The Labute approximate surface area is 234 Å². The predicted molar refractivity (Wildman–Crippen MR) is 171 cm³/mol. The molecular weight excluding hydrogens is 493 g/mol. The highest BCUT2D eigenvalue weighted by Crippen LogP contribution is 2.34. The van der Waals surface area contributed by atoms with E-state index < -0.39 is 0 Å². The molecule has 0 fully saturated rings. The van der Waals surface area contributed by atoms with Crippen LogP contribution in [0.4, 0.5) is 0 Å². The van der Waals surface area contributed by atoms with Gasteiger partial charge in [-0.1, -0.05) is 79.3 Å². The van der Waals surface area contributed by atoms with E-state index in [2.05, 4.69) is 125 Å². The van der Waals surface area contributed by atoms with Crippen molar-refractivity contribution in [3.8, 4) is 10.4 Å². The molecule has 1 aromatic carbocycles. The number of thiophene rings is 3. The van der Waals surface area contributed by atoms with Crippen molar-refractivity contribution >= 4 is 34.0 Å². The van der Waals surface area contributed by atoms with Crippen LogP contribution in [0.5, 0.6) is 0 Å². The smallest absolute Gasteiger partial charge is 0.0348 e. The van der Waals surface area contributed by atoms with Gasteiger partial charge >= 0.3 is 0 Å². The van der Waals surface area contributed by atoms with Crippen LogP contribution in [-0.4, -0.2) is 0 Å². The molecule has 0 aliphatic rings. The van der Waals surface area contributed by atoms with Gasteiger partial charge in [0, 0.05) is 29.3 Å². The molecule has 0 aliphatic carbocycles. The molecule has 3 aromatic heterocycles. The Hall–Kier alpha value is -1.68. The molecule has 0 N–H and O–H groups in total. The number of aryl methyl sites for hydroxylation is 5. The van der Waals surface area contributed by atoms with Crippen molar-refractivity contribution in [1.82, 2.24) is 0 Å². The first kappa shape index (κ1) is 32.3. The zero-order valence-electron chi connectivity index (χ0n) is 23.6. The largest absolute Gasteiger partial charge is 0.146 e. The van der Waals surface area contributed by atoms with Gasteiger partial charge in [0.1, 0.15) is 0 Å². The van der Waals surface area contributed by atoms with Crippen LogP contribution in [0, 0.1) is 34.6 Å². The van der Waals surface area contributed by atoms with Crippen LogP contribution < -0.4 is 0 Å². The molecule has 198 valence electrons. The lowest BCUT2D eigenvalue weighted by molar-refractivity contribution is 0.864. The lowest BCUT2D eigenvalue weighted by Gasteiger charge is -2.01. The van der Waals surface area contributed by atoms with E-state index in [4.69, 9.17) is 0 Å². The summed E-state index contributed by atoms with van der Waals surface area (Å²) in [6, 6.07) is 17.5. The maximum atomic E-state index is 2.33. The molecule has 4 rings (SSSR count). The van der Waals surface area contributed by atoms with Crippen LogP contribution in [0.15, 0.2) is 48.5 Å². The van der Waals surface area contributed by atoms with Crippen LogP contribution in [0.25, 0.3) is 10.4 Å². The minimum absolute atomic E-state index is 0. The Kier molecular flexibility index (Phi) is 13.4. The van der Waals surface area contributed by atoms with E-state index >= 15 is 0 Å². The second-order valence-corrected chi connectivity index (χ2v) is 14.4. The minimum atomic E-state index is 0. The molecule has 0 spiro atoms. The average Bonchev–Trinajstić information content (AvgIpc) is 3.45. The van der Waals surface area contributed by atoms with Crippen LogP contribution in [0.2, 0.25) is 0 Å². The van der Waals surface area contributed by atoms with Crippen LogP contribution in [0.3, 0.4) is 0 Å². The topological polar surface area (TPSA) is 0 Å². The third-order valence-corrected chi connectivity index (χ3v) is 9.12. The molecule has 0 nitrogen and oxygen atoms in total. The first-order valence-electron chi connectivity index (χ1n) is 12.7. The summed E-state index contributed by atoms with van der Waals surface area (Å²) in [5, 5.41) is 0. The number of rotatable bonds is 4. The minimum Gasteiger partial charge on any atom is -0.146 e. The maximum Gasteiger partial charge on any atom is 0.0348 e. The van der Waals surface area contributed by atoms with Gasteiger partial charge in [0.2, 0.25) is 0 Å². The van der Waals surface area contributed by atoms with Gasteiger partial charge in [-0.2, -0.15) is 0 Å². The number of benzene rings is 1. The van der Waals surface area contributed by atoms with E-state index in [9.17, 15) is 0 Å². The van der Waals surface area contributed by atoms with E-state index in [0.29, 0.717) is 17.8 Å². The van der Waals surface area contributed by atoms with Gasteiger partial charge in [0.05, 0.1) is 0 Å². The highest BCUT2D eigenvalue weighted by molar-refractivity contribution is 7.15. The third-order valence-electron chi connectivity index (χ3n) is 6.04. The molecule has 3 heterocycles. The van der Waals surface area contributed by atoms with E-state index in [0.717, 1.165) is 0 Å². The molecule has 0 unspecified atom stereocenters. The summed E-state index contributed by atoms with van der Waals surface area (Å²) in [6.45, 7) is 24.4. The Balaban J connectivity index is 0.000000276. The molecule has 0 amide bonds. The molecule has 0 radical (unpaired) electrons. The summed E-state index contributed by atoms with van der Waals surface area (Å²) in [6.07, 6.45) is 0. The quantitative estimate of drug-likeness (QED) is 0.241. The van der Waals surface area contributed by atoms with E-state index in [1.54, 1.807) is 0 Å². The second kappa shape index (κ2) is 14.9. The fourth-order valence-electron chi connectivity index (χ4n) is 4.26. The van der Waals surface area contributed by atoms with Crippen LogP contribution >= 0.6 is 34.0 Å². The summed E-state index contributed by atoms with van der Waals surface area (Å²) < 4.78 is 0. The van der Waals surface area contributed by atoms with Crippen molar-refractivity contribution < 1.29 is 0 Å². The van der Waals surface area contributed by atoms with Crippen molar-refractivity contribution in [3.05, 3.63) is 89.6 Å². The molecule has 4 aromatic rings. The molecule has 0 aliphatic heterocycles. The third kappa shape index (κ3) is 9.32. The Morgan fingerprint density at radius 1 is 0.500 bits per heavy atom. The zero-order chi connectivity index (χ0) is 26.3. The molecule has 0 saturated heterocycles. The monoisotopic (exact) mass is 540 g/mol. The number of hydrogen-bond donors (Lipinski definition) is 0. The summed E-state index contributed by atoms with van der Waals surface area (Å²) in [5.74, 6) is 1.99. The van der Waals surface area contributed by atoms with Gasteiger partial charge in [0.25, 0.3) is 0 Å². The Morgan fingerprint density at radius 3 is 1.14 bits per heavy atom. The van der Waals surface area contributed by atoms with E-state index in [-0.39, 0.29) is 7.43 Å². The lowest BCUT2D eigenvalue weighted by atomic mass is 10.0. The molecular formula is C33H48S3. The standard InChI is InChI=1S/C14H16S.2C9H14S.CH4/c1-10(2)13-9-14(15-11(13)3)12-7-5-4-6-8-12;2*1-6(2)9-5-7(3)10-8(9)4;/h4-10H,1-3H3;2*5-6H,1-4H3;1H4. The van der Waals surface area contributed by atoms with Crippen LogP contribution in [0.1, 0.15) is 108 Å². The molecule has 36 heavy (non-hydrogen) atoms. The fourth-order valence-corrected chi connectivity index (χ4v) is 7.61. The van der Waals surface area contributed by atoms with Gasteiger partial charge in [-0.25, -0.2) is 0 Å². The summed E-state index contributed by atoms with van der Waals surface area (Å²) in [4.78, 5) is 8.66. The summed E-state index contributed by atoms with van der Waals surface area (Å²) in [7, 11) is 0. The van der Waals surface area contributed by atoms with Crippen molar-refractivity contribution in [2.45, 2.75) is 101 Å². The van der Waals surface area contributed by atoms with Crippen molar-refractivity contribution in [2.75, 3.05) is 0 Å². The highest BCUT2D eigenvalue weighted by atomic mass is 32.1. The SMILES string of the molecule is C.Cc1cc(C(C)C)c(C)s1.Cc1cc(C(C)C)c(C)s1.Cc1sc(-c2ccccc2)cc1C(C)C. The van der Waals surface area contributed by atoms with Gasteiger partial charge in [-0.3, -0.25) is 0 Å². The number of hydrogen-bond acceptors (Lipinski definition) is 3. The normalized spacial score (nSPS) is 10.6. The van der Waals surface area contributed by atoms with Gasteiger partial charge in [0.15, 0.2) is 0 Å². The maximum absolute atomic E-state index is 2.33. The van der Waals surface area contributed by atoms with Crippen molar-refractivity contribution in [2.24, 2.45) is 0 Å². The van der Waals surface area contributed by atoms with Gasteiger partial charge in [-0.15, -0.1) is 34.0 Å². The van der Waals surface area contributed by atoms with Crippen molar-refractivity contribution in [1.29, 1.82) is 0 Å². The summed E-state index contributed by atoms with van der Waals surface area (Å²) in [5.41, 5.74) is 5.85. The molecule has 3 heteroatoms. The van der Waals surface area contributed by atoms with Gasteiger partial charge in [-0.05, 0) is 92.8 Å². The molecule has 0 bridgehead atoms. The molecule has 0 saturated carbocycles. The second-order valence-electron chi connectivity index (χ2n) is 10.2. The van der Waals surface area contributed by atoms with Crippen LogP contribution in [-0.2, 0) is 0 Å². The zero-order valence-corrected chi connectivity index (χ0v) is 26.0. The van der Waals surface area contributed by atoms with E-state index in [1.807, 2.05) is 34.0 Å². The van der Waals surface area contributed by atoms with E-state index in [1.165, 1.54) is 51.5 Å². The molecule has 0 atom stereocenters.